The Labute approximate surface area is 151 Å². The van der Waals surface area contributed by atoms with Gasteiger partial charge in [0, 0.05) is 48.6 Å². The molecule has 3 aromatic rings. The Balaban J connectivity index is 1.26. The molecule has 130 valence electrons. The number of likely N-dealkylation sites (tertiary alicyclic amines) is 1. The quantitative estimate of drug-likeness (QED) is 0.728. The lowest BCUT2D eigenvalue weighted by Gasteiger charge is -2.31. The molecule has 0 saturated carbocycles. The first-order valence-electron chi connectivity index (χ1n) is 8.97. The number of piperidine rings is 1. The largest absolute Gasteiger partial charge is 0.361 e. The van der Waals surface area contributed by atoms with Crippen LogP contribution in [-0.4, -0.2) is 33.7 Å². The van der Waals surface area contributed by atoms with Gasteiger partial charge in [0.1, 0.15) is 5.78 Å². The van der Waals surface area contributed by atoms with Gasteiger partial charge >= 0.3 is 0 Å². The Kier molecular flexibility index (Phi) is 4.95. The van der Waals surface area contributed by atoms with E-state index in [9.17, 15) is 4.79 Å². The van der Waals surface area contributed by atoms with Gasteiger partial charge in [-0.15, -0.1) is 11.3 Å². The van der Waals surface area contributed by atoms with Crippen molar-refractivity contribution in [3.8, 4) is 0 Å². The Morgan fingerprint density at radius 1 is 1.28 bits per heavy atom. The van der Waals surface area contributed by atoms with Gasteiger partial charge in [-0.25, -0.2) is 4.98 Å². The number of nitrogens with one attached hydrogen (secondary N) is 1. The van der Waals surface area contributed by atoms with E-state index in [4.69, 9.17) is 0 Å². The van der Waals surface area contributed by atoms with E-state index in [-0.39, 0.29) is 5.92 Å². The number of ketones is 1. The van der Waals surface area contributed by atoms with Crippen molar-refractivity contribution in [3.05, 3.63) is 52.6 Å². The molecule has 2 aromatic heterocycles. The molecule has 0 aliphatic carbocycles. The zero-order chi connectivity index (χ0) is 17.1. The van der Waals surface area contributed by atoms with Crippen LogP contribution in [0.15, 0.2) is 42.0 Å². The number of nitrogens with zero attached hydrogens (tertiary/aromatic N) is 2. The van der Waals surface area contributed by atoms with Crippen LogP contribution in [0.2, 0.25) is 0 Å². The molecule has 1 N–H and O–H groups in total. The summed E-state index contributed by atoms with van der Waals surface area (Å²) in [7, 11) is 0. The number of hydrogen-bond donors (Lipinski definition) is 1. The maximum absolute atomic E-state index is 12.4. The van der Waals surface area contributed by atoms with Crippen molar-refractivity contribution in [1.29, 1.82) is 0 Å². The van der Waals surface area contributed by atoms with Crippen molar-refractivity contribution in [3.63, 3.8) is 0 Å². The number of hydrogen-bond acceptors (Lipinski definition) is 4. The van der Waals surface area contributed by atoms with Gasteiger partial charge in [0.15, 0.2) is 0 Å². The van der Waals surface area contributed by atoms with Crippen LogP contribution in [0.3, 0.4) is 0 Å². The lowest BCUT2D eigenvalue weighted by Crippen LogP contribution is -2.36. The number of aromatic nitrogens is 2. The number of Topliss-reactive ketones (excluding diaryl/α,β-unsaturated/α-hetero) is 1. The molecule has 0 radical (unpaired) electrons. The number of aromatic amines is 1. The molecule has 0 spiro atoms. The van der Waals surface area contributed by atoms with Crippen LogP contribution in [0.25, 0.3) is 10.9 Å². The van der Waals surface area contributed by atoms with Gasteiger partial charge in [0.25, 0.3) is 0 Å². The van der Waals surface area contributed by atoms with E-state index in [0.717, 1.165) is 43.9 Å². The number of carbonyl (C=O) groups is 1. The summed E-state index contributed by atoms with van der Waals surface area (Å²) in [6.45, 7) is 3.00. The fourth-order valence-corrected chi connectivity index (χ4v) is 4.30. The third kappa shape index (κ3) is 3.99. The molecule has 0 unspecified atom stereocenters. The van der Waals surface area contributed by atoms with E-state index < -0.39 is 0 Å². The average Bonchev–Trinajstić information content (AvgIpc) is 3.31. The normalized spacial score (nSPS) is 16.5. The minimum absolute atomic E-state index is 0.239. The first-order valence-corrected chi connectivity index (χ1v) is 9.85. The van der Waals surface area contributed by atoms with Crippen molar-refractivity contribution in [2.24, 2.45) is 5.92 Å². The first-order chi connectivity index (χ1) is 12.3. The second kappa shape index (κ2) is 7.50. The van der Waals surface area contributed by atoms with Crippen LogP contribution in [0.4, 0.5) is 0 Å². The molecular weight excluding hydrogens is 330 g/mol. The predicted octanol–water partition coefficient (Wildman–Crippen LogP) is 4.04. The number of H-pyrrole nitrogens is 1. The van der Waals surface area contributed by atoms with Gasteiger partial charge in [-0.3, -0.25) is 9.69 Å². The smallest absolute Gasteiger partial charge is 0.136 e. The van der Waals surface area contributed by atoms with Crippen molar-refractivity contribution in [2.75, 3.05) is 13.1 Å². The van der Waals surface area contributed by atoms with Crippen LogP contribution in [0.5, 0.6) is 0 Å². The third-order valence-corrected chi connectivity index (χ3v) is 5.97. The van der Waals surface area contributed by atoms with E-state index >= 15 is 0 Å². The van der Waals surface area contributed by atoms with Gasteiger partial charge in [-0.2, -0.15) is 0 Å². The van der Waals surface area contributed by atoms with Crippen molar-refractivity contribution >= 4 is 28.0 Å². The number of thiazole rings is 1. The first kappa shape index (κ1) is 16.5. The lowest BCUT2D eigenvalue weighted by molar-refractivity contribution is -0.124. The van der Waals surface area contributed by atoms with E-state index in [1.54, 1.807) is 11.3 Å². The maximum Gasteiger partial charge on any atom is 0.136 e. The van der Waals surface area contributed by atoms with Crippen molar-refractivity contribution in [1.82, 2.24) is 14.9 Å². The molecule has 0 bridgehead atoms. The molecule has 1 aliphatic rings. The van der Waals surface area contributed by atoms with Crippen LogP contribution in [-0.2, 0) is 17.8 Å². The summed E-state index contributed by atoms with van der Waals surface area (Å²) in [5.74, 6) is 0.659. The van der Waals surface area contributed by atoms with Crippen LogP contribution in [0.1, 0.15) is 29.8 Å². The Morgan fingerprint density at radius 2 is 2.16 bits per heavy atom. The molecule has 1 saturated heterocycles. The molecule has 1 aromatic carbocycles. The minimum Gasteiger partial charge on any atom is -0.361 e. The van der Waals surface area contributed by atoms with Gasteiger partial charge in [-0.1, -0.05) is 6.07 Å². The van der Waals surface area contributed by atoms with E-state index in [1.807, 2.05) is 17.8 Å². The second-order valence-electron chi connectivity index (χ2n) is 6.84. The molecule has 0 amide bonds. The zero-order valence-corrected chi connectivity index (χ0v) is 15.1. The summed E-state index contributed by atoms with van der Waals surface area (Å²) in [5, 5.41) is 4.32. The summed E-state index contributed by atoms with van der Waals surface area (Å²) in [4.78, 5) is 22.4. The van der Waals surface area contributed by atoms with Crippen LogP contribution >= 0.6 is 11.3 Å². The average molecular weight is 353 g/mol. The second-order valence-corrected chi connectivity index (χ2v) is 7.82. The monoisotopic (exact) mass is 353 g/mol. The van der Waals surface area contributed by atoms with Crippen molar-refractivity contribution in [2.45, 2.75) is 32.2 Å². The highest BCUT2D eigenvalue weighted by Crippen LogP contribution is 2.23. The highest BCUT2D eigenvalue weighted by molar-refractivity contribution is 7.09. The Bertz CT molecular complexity index is 832. The fraction of sp³-hybridized carbons (Fsp3) is 0.400. The topological polar surface area (TPSA) is 49.0 Å². The van der Waals surface area contributed by atoms with Crippen LogP contribution in [0, 0.1) is 5.92 Å². The predicted molar refractivity (Wildman–Crippen MR) is 102 cm³/mol. The number of fused-ring (bicyclic) bond motifs is 1. The summed E-state index contributed by atoms with van der Waals surface area (Å²) < 4.78 is 0. The van der Waals surface area contributed by atoms with E-state index in [0.29, 0.717) is 12.2 Å². The van der Waals surface area contributed by atoms with E-state index in [2.05, 4.69) is 39.1 Å². The zero-order valence-electron chi connectivity index (χ0n) is 14.3. The molecule has 0 atom stereocenters. The molecule has 4 rings (SSSR count). The van der Waals surface area contributed by atoms with E-state index in [1.165, 1.54) is 16.5 Å². The Hall–Kier alpha value is -1.98. The Morgan fingerprint density at radius 3 is 2.96 bits per heavy atom. The van der Waals surface area contributed by atoms with Gasteiger partial charge in [-0.05, 0) is 55.1 Å². The molecule has 1 aliphatic heterocycles. The number of aryl methyl sites for hydroxylation is 1. The fourth-order valence-electron chi connectivity index (χ4n) is 3.68. The van der Waals surface area contributed by atoms with Crippen molar-refractivity contribution < 1.29 is 4.79 Å². The minimum atomic E-state index is 0.239. The summed E-state index contributed by atoms with van der Waals surface area (Å²) in [6, 6.07) is 8.73. The molecule has 4 nitrogen and oxygen atoms in total. The highest BCUT2D eigenvalue weighted by atomic mass is 32.1. The number of benzene rings is 1. The summed E-state index contributed by atoms with van der Waals surface area (Å²) >= 11 is 1.64. The summed E-state index contributed by atoms with van der Waals surface area (Å²) in [6.07, 6.45) is 7.22. The number of rotatable bonds is 6. The van der Waals surface area contributed by atoms with Gasteiger partial charge in [0.05, 0.1) is 5.01 Å². The van der Waals surface area contributed by atoms with Gasteiger partial charge in [0.2, 0.25) is 0 Å². The molecule has 25 heavy (non-hydrogen) atoms. The standard InChI is InChI=1S/C20H23N3OS/c24-19(3-4-20-22-9-12-25-20)16-6-10-23(11-7-16)14-15-1-2-18-17(13-15)5-8-21-18/h1-2,5,8-9,12-13,16,21H,3-4,6-7,10-11,14H2. The third-order valence-electron chi connectivity index (χ3n) is 5.14. The molecule has 3 heterocycles. The molecule has 5 heteroatoms. The van der Waals surface area contributed by atoms with Gasteiger partial charge < -0.3 is 4.98 Å². The summed E-state index contributed by atoms with van der Waals surface area (Å²) in [5.41, 5.74) is 2.54. The van der Waals surface area contributed by atoms with Crippen LogP contribution < -0.4 is 0 Å². The number of carbonyl (C=O) groups excluding carboxylic acids is 1. The highest BCUT2D eigenvalue weighted by Gasteiger charge is 2.24. The SMILES string of the molecule is O=C(CCc1nccs1)C1CCN(Cc2ccc3[nH]ccc3c2)CC1. The molecular formula is C20H23N3OS. The molecule has 1 fully saturated rings. The lowest BCUT2D eigenvalue weighted by atomic mass is 9.90. The maximum atomic E-state index is 12.4.